The summed E-state index contributed by atoms with van der Waals surface area (Å²) < 4.78 is 4.48. The Morgan fingerprint density at radius 2 is 2.44 bits per heavy atom. The van der Waals surface area contributed by atoms with E-state index in [2.05, 4.69) is 4.74 Å². The lowest BCUT2D eigenvalue weighted by Crippen LogP contribution is -2.30. The van der Waals surface area contributed by atoms with E-state index < -0.39 is 17.6 Å². The predicted octanol–water partition coefficient (Wildman–Crippen LogP) is -0.654. The Hall–Kier alpha value is -1.03. The van der Waals surface area contributed by atoms with Crippen molar-refractivity contribution in [3.05, 3.63) is 12.0 Å². The van der Waals surface area contributed by atoms with E-state index in [1.807, 2.05) is 0 Å². The minimum Gasteiger partial charge on any atom is -0.502 e. The summed E-state index contributed by atoms with van der Waals surface area (Å²) in [4.78, 5) is 10.5. The number of carbonyl (C=O) groups is 1. The molecule has 4 heteroatoms. The minimum absolute atomic E-state index is 0.0666. The molecule has 0 aromatic rings. The summed E-state index contributed by atoms with van der Waals surface area (Å²) in [6.07, 6.45) is -0.273. The number of aliphatic hydroxyl groups is 2. The lowest BCUT2D eigenvalue weighted by Gasteiger charge is -2.12. The van der Waals surface area contributed by atoms with Crippen LogP contribution in [0.5, 0.6) is 0 Å². The van der Waals surface area contributed by atoms with Crippen LogP contribution in [0.25, 0.3) is 0 Å². The van der Waals surface area contributed by atoms with E-state index in [1.165, 1.54) is 0 Å². The Bertz CT molecular complexity index is 160. The van der Waals surface area contributed by atoms with Gasteiger partial charge in [0.2, 0.25) is 5.78 Å². The fourth-order valence-electron chi connectivity index (χ4n) is 0.523. The van der Waals surface area contributed by atoms with Crippen LogP contribution in [0, 0.1) is 0 Å². The van der Waals surface area contributed by atoms with E-state index in [0.717, 1.165) is 6.26 Å². The second kappa shape index (κ2) is 2.06. The van der Waals surface area contributed by atoms with Gasteiger partial charge in [-0.3, -0.25) is 4.79 Å². The quantitative estimate of drug-likeness (QED) is 0.457. The maximum absolute atomic E-state index is 10.5. The largest absolute Gasteiger partial charge is 0.502 e. The lowest BCUT2D eigenvalue weighted by atomic mass is 10.2. The number of rotatable bonds is 0. The van der Waals surface area contributed by atoms with E-state index in [0.29, 0.717) is 0 Å². The fraction of sp³-hybridized carbons (Fsp3) is 0.400. The van der Waals surface area contributed by atoms with Gasteiger partial charge in [-0.05, 0) is 0 Å². The first-order valence-corrected chi connectivity index (χ1v) is 2.45. The van der Waals surface area contributed by atoms with Gasteiger partial charge in [0.15, 0.2) is 11.9 Å². The second-order valence-electron chi connectivity index (χ2n) is 1.72. The zero-order valence-corrected chi connectivity index (χ0v) is 4.57. The van der Waals surface area contributed by atoms with Gasteiger partial charge in [-0.15, -0.1) is 0 Å². The molecule has 0 spiro atoms. The summed E-state index contributed by atoms with van der Waals surface area (Å²) in [5.74, 6) is -1.20. The summed E-state index contributed by atoms with van der Waals surface area (Å²) in [6, 6.07) is 0. The molecular weight excluding hydrogens is 124 g/mol. The van der Waals surface area contributed by atoms with Gasteiger partial charge in [0.05, 0.1) is 0 Å². The molecule has 1 atom stereocenters. The molecule has 9 heavy (non-hydrogen) atoms. The number of hydrogen-bond acceptors (Lipinski definition) is 4. The van der Waals surface area contributed by atoms with Crippen LogP contribution in [0.2, 0.25) is 0 Å². The van der Waals surface area contributed by atoms with Gasteiger partial charge in [0.25, 0.3) is 0 Å². The number of carbonyl (C=O) groups excluding carboxylic acids is 1. The van der Waals surface area contributed by atoms with Crippen molar-refractivity contribution in [3.8, 4) is 0 Å². The summed E-state index contributed by atoms with van der Waals surface area (Å²) in [6.45, 7) is -0.0666. The molecule has 0 aromatic carbocycles. The number of ketones is 1. The van der Waals surface area contributed by atoms with Crippen LogP contribution in [0.1, 0.15) is 0 Å². The standard InChI is InChI=1S/C5H6O4/c6-3-1-9-2-4(7)5(3)8/h1,4,6-7H,2H2. The van der Waals surface area contributed by atoms with Crippen molar-refractivity contribution < 1.29 is 19.7 Å². The van der Waals surface area contributed by atoms with Crippen LogP contribution < -0.4 is 0 Å². The first-order valence-electron chi connectivity index (χ1n) is 2.45. The van der Waals surface area contributed by atoms with E-state index in [9.17, 15) is 4.79 Å². The molecule has 2 N–H and O–H groups in total. The van der Waals surface area contributed by atoms with Crippen molar-refractivity contribution in [1.29, 1.82) is 0 Å². The third-order valence-corrected chi connectivity index (χ3v) is 1.00. The molecule has 0 fully saturated rings. The van der Waals surface area contributed by atoms with Crippen molar-refractivity contribution >= 4 is 5.78 Å². The summed E-state index contributed by atoms with van der Waals surface area (Å²) in [7, 11) is 0. The zero-order chi connectivity index (χ0) is 6.85. The smallest absolute Gasteiger partial charge is 0.232 e. The first-order chi connectivity index (χ1) is 4.22. The molecule has 0 saturated heterocycles. The van der Waals surface area contributed by atoms with E-state index in [-0.39, 0.29) is 6.61 Å². The normalized spacial score (nSPS) is 27.0. The van der Waals surface area contributed by atoms with Crippen molar-refractivity contribution in [2.24, 2.45) is 0 Å². The zero-order valence-electron chi connectivity index (χ0n) is 4.57. The highest BCUT2D eigenvalue weighted by atomic mass is 16.5. The van der Waals surface area contributed by atoms with Crippen LogP contribution in [-0.4, -0.2) is 28.7 Å². The van der Waals surface area contributed by atoms with Gasteiger partial charge in [-0.2, -0.15) is 0 Å². The third kappa shape index (κ3) is 1.02. The molecule has 4 nitrogen and oxygen atoms in total. The lowest BCUT2D eigenvalue weighted by molar-refractivity contribution is -0.130. The molecule has 1 rings (SSSR count). The van der Waals surface area contributed by atoms with Crippen molar-refractivity contribution in [1.82, 2.24) is 0 Å². The molecule has 50 valence electrons. The molecule has 1 aliphatic rings. The molecular formula is C5H6O4. The van der Waals surface area contributed by atoms with Gasteiger partial charge in [0, 0.05) is 0 Å². The molecule has 1 unspecified atom stereocenters. The van der Waals surface area contributed by atoms with Crippen LogP contribution >= 0.6 is 0 Å². The van der Waals surface area contributed by atoms with Crippen LogP contribution in [0.3, 0.4) is 0 Å². The number of aliphatic hydroxyl groups excluding tert-OH is 2. The van der Waals surface area contributed by atoms with Gasteiger partial charge in [-0.1, -0.05) is 0 Å². The van der Waals surface area contributed by atoms with Crippen molar-refractivity contribution in [2.45, 2.75) is 6.10 Å². The second-order valence-corrected chi connectivity index (χ2v) is 1.72. The van der Waals surface area contributed by atoms with Crippen LogP contribution in [0.15, 0.2) is 12.0 Å². The number of Topliss-reactive ketones (excluding diaryl/α,β-unsaturated/α-hetero) is 1. The molecule has 0 aromatic heterocycles. The van der Waals surface area contributed by atoms with Crippen LogP contribution in [0.4, 0.5) is 0 Å². The number of hydrogen-bond donors (Lipinski definition) is 2. The fourth-order valence-corrected chi connectivity index (χ4v) is 0.523. The van der Waals surface area contributed by atoms with Crippen molar-refractivity contribution in [3.63, 3.8) is 0 Å². The SMILES string of the molecule is O=C1C(O)=COCC1O. The maximum Gasteiger partial charge on any atom is 0.232 e. The number of ether oxygens (including phenoxy) is 1. The van der Waals surface area contributed by atoms with Gasteiger partial charge >= 0.3 is 0 Å². The molecule has 0 aliphatic carbocycles. The Labute approximate surface area is 51.4 Å². The molecule has 0 bridgehead atoms. The predicted molar refractivity (Wildman–Crippen MR) is 27.7 cm³/mol. The van der Waals surface area contributed by atoms with Gasteiger partial charge in [-0.25, -0.2) is 0 Å². The molecule has 0 saturated carbocycles. The molecule has 0 amide bonds. The minimum atomic E-state index is -1.20. The highest BCUT2D eigenvalue weighted by Crippen LogP contribution is 2.04. The maximum atomic E-state index is 10.5. The van der Waals surface area contributed by atoms with Gasteiger partial charge < -0.3 is 14.9 Å². The molecule has 1 heterocycles. The molecule has 0 radical (unpaired) electrons. The highest BCUT2D eigenvalue weighted by Gasteiger charge is 2.23. The van der Waals surface area contributed by atoms with E-state index >= 15 is 0 Å². The van der Waals surface area contributed by atoms with E-state index in [4.69, 9.17) is 10.2 Å². The topological polar surface area (TPSA) is 66.8 Å². The average Bonchev–Trinajstić information content (AvgIpc) is 1.83. The third-order valence-electron chi connectivity index (χ3n) is 1.00. The summed E-state index contributed by atoms with van der Waals surface area (Å²) in [5.41, 5.74) is 0. The van der Waals surface area contributed by atoms with Gasteiger partial charge in [0.1, 0.15) is 12.9 Å². The van der Waals surface area contributed by atoms with Crippen LogP contribution in [-0.2, 0) is 9.53 Å². The van der Waals surface area contributed by atoms with Crippen molar-refractivity contribution in [2.75, 3.05) is 6.61 Å². The summed E-state index contributed by atoms with van der Waals surface area (Å²) in [5, 5.41) is 17.2. The summed E-state index contributed by atoms with van der Waals surface area (Å²) >= 11 is 0. The highest BCUT2D eigenvalue weighted by molar-refractivity contribution is 5.96. The monoisotopic (exact) mass is 130 g/mol. The Morgan fingerprint density at radius 3 is 2.89 bits per heavy atom. The Morgan fingerprint density at radius 1 is 1.78 bits per heavy atom. The Kier molecular flexibility index (Phi) is 1.40. The Balaban J connectivity index is 2.74. The average molecular weight is 130 g/mol. The first kappa shape index (κ1) is 6.10. The molecule has 1 aliphatic heterocycles. The van der Waals surface area contributed by atoms with E-state index in [1.54, 1.807) is 0 Å².